The van der Waals surface area contributed by atoms with E-state index < -0.39 is 0 Å². The van der Waals surface area contributed by atoms with Gasteiger partial charge in [-0.25, -0.2) is 9.97 Å². The van der Waals surface area contributed by atoms with E-state index in [1.807, 2.05) is 19.9 Å². The van der Waals surface area contributed by atoms with E-state index in [0.717, 1.165) is 24.0 Å². The van der Waals surface area contributed by atoms with Gasteiger partial charge in [-0.05, 0) is 20.3 Å². The van der Waals surface area contributed by atoms with Crippen molar-refractivity contribution < 1.29 is 5.11 Å². The topological polar surface area (TPSA) is 70.1 Å². The van der Waals surface area contributed by atoms with Crippen LogP contribution in [-0.2, 0) is 5.41 Å². The molecule has 1 heterocycles. The third-order valence-electron chi connectivity index (χ3n) is 2.71. The Hall–Kier alpha value is -1.36. The first-order chi connectivity index (χ1) is 8.86. The third-order valence-corrected chi connectivity index (χ3v) is 2.71. The number of rotatable bonds is 6. The van der Waals surface area contributed by atoms with Gasteiger partial charge in [-0.1, -0.05) is 20.8 Å². The van der Waals surface area contributed by atoms with Crippen molar-refractivity contribution in [1.82, 2.24) is 9.97 Å². The molecule has 1 aromatic heterocycles. The lowest BCUT2D eigenvalue weighted by Gasteiger charge is -2.20. The van der Waals surface area contributed by atoms with Gasteiger partial charge in [0.15, 0.2) is 0 Å². The normalized spacial score (nSPS) is 13.2. The maximum absolute atomic E-state index is 8.95. The fourth-order valence-electron chi connectivity index (χ4n) is 1.65. The van der Waals surface area contributed by atoms with Gasteiger partial charge in [0.1, 0.15) is 17.5 Å². The van der Waals surface area contributed by atoms with Gasteiger partial charge in [-0.2, -0.15) is 0 Å². The molecule has 0 saturated heterocycles. The Morgan fingerprint density at radius 2 is 1.89 bits per heavy atom. The predicted octanol–water partition coefficient (Wildman–Crippen LogP) is 2.39. The highest BCUT2D eigenvalue weighted by atomic mass is 16.3. The van der Waals surface area contributed by atoms with Gasteiger partial charge in [-0.15, -0.1) is 0 Å². The molecule has 0 aliphatic rings. The molecule has 0 fully saturated rings. The zero-order chi connectivity index (χ0) is 14.5. The van der Waals surface area contributed by atoms with E-state index in [4.69, 9.17) is 5.11 Å². The highest BCUT2D eigenvalue weighted by Gasteiger charge is 2.19. The van der Waals surface area contributed by atoms with Gasteiger partial charge >= 0.3 is 0 Å². The molecular formula is C14H26N4O. The first-order valence-corrected chi connectivity index (χ1v) is 6.87. The van der Waals surface area contributed by atoms with Crippen molar-refractivity contribution in [2.45, 2.75) is 52.5 Å². The summed E-state index contributed by atoms with van der Waals surface area (Å²) in [6.45, 7) is 11.4. The third kappa shape index (κ3) is 5.03. The van der Waals surface area contributed by atoms with Crippen LogP contribution >= 0.6 is 0 Å². The van der Waals surface area contributed by atoms with E-state index in [9.17, 15) is 0 Å². The highest BCUT2D eigenvalue weighted by Crippen LogP contribution is 2.22. The van der Waals surface area contributed by atoms with Gasteiger partial charge < -0.3 is 15.7 Å². The molecule has 3 N–H and O–H groups in total. The molecular weight excluding hydrogens is 240 g/mol. The summed E-state index contributed by atoms with van der Waals surface area (Å²) in [7, 11) is 0. The molecule has 1 atom stereocenters. The molecule has 5 nitrogen and oxygen atoms in total. The summed E-state index contributed by atoms with van der Waals surface area (Å²) in [5.74, 6) is 2.45. The fourth-order valence-corrected chi connectivity index (χ4v) is 1.65. The van der Waals surface area contributed by atoms with E-state index >= 15 is 0 Å². The molecule has 0 amide bonds. The minimum atomic E-state index is -0.0952. The lowest BCUT2D eigenvalue weighted by atomic mass is 9.96. The summed E-state index contributed by atoms with van der Waals surface area (Å²) in [4.78, 5) is 9.10. The SMILES string of the molecule is CCNc1cc(NC(C)CCO)nc(C(C)(C)C)n1. The van der Waals surface area contributed by atoms with Crippen LogP contribution in [0.15, 0.2) is 6.07 Å². The van der Waals surface area contributed by atoms with Gasteiger partial charge in [0, 0.05) is 30.7 Å². The van der Waals surface area contributed by atoms with Crippen LogP contribution in [0.25, 0.3) is 0 Å². The molecule has 0 bridgehead atoms. The number of hydrogen-bond donors (Lipinski definition) is 3. The monoisotopic (exact) mass is 266 g/mol. The summed E-state index contributed by atoms with van der Waals surface area (Å²) >= 11 is 0. The second-order valence-electron chi connectivity index (χ2n) is 5.80. The van der Waals surface area contributed by atoms with Gasteiger partial charge in [-0.3, -0.25) is 0 Å². The number of anilines is 2. The predicted molar refractivity (Wildman–Crippen MR) is 79.7 cm³/mol. The zero-order valence-corrected chi connectivity index (χ0v) is 12.6. The Morgan fingerprint density at radius 1 is 1.26 bits per heavy atom. The van der Waals surface area contributed by atoms with E-state index in [0.29, 0.717) is 6.42 Å². The summed E-state index contributed by atoms with van der Waals surface area (Å²) in [6, 6.07) is 2.09. The van der Waals surface area contributed by atoms with E-state index in [-0.39, 0.29) is 18.1 Å². The number of hydrogen-bond acceptors (Lipinski definition) is 5. The average molecular weight is 266 g/mol. The van der Waals surface area contributed by atoms with Crippen molar-refractivity contribution in [1.29, 1.82) is 0 Å². The van der Waals surface area contributed by atoms with Crippen LogP contribution < -0.4 is 10.6 Å². The lowest BCUT2D eigenvalue weighted by molar-refractivity contribution is 0.282. The molecule has 1 aromatic rings. The summed E-state index contributed by atoms with van der Waals surface area (Å²) < 4.78 is 0. The van der Waals surface area contributed by atoms with Gasteiger partial charge in [0.2, 0.25) is 0 Å². The quantitative estimate of drug-likeness (QED) is 0.737. The summed E-state index contributed by atoms with van der Waals surface area (Å²) in [5.41, 5.74) is -0.0952. The van der Waals surface area contributed by atoms with Crippen LogP contribution in [0.2, 0.25) is 0 Å². The van der Waals surface area contributed by atoms with Crippen molar-refractivity contribution in [3.8, 4) is 0 Å². The van der Waals surface area contributed by atoms with Crippen LogP contribution in [0.3, 0.4) is 0 Å². The Balaban J connectivity index is 2.99. The van der Waals surface area contributed by atoms with E-state index in [1.54, 1.807) is 0 Å². The first-order valence-electron chi connectivity index (χ1n) is 6.87. The summed E-state index contributed by atoms with van der Waals surface area (Å²) in [6.07, 6.45) is 0.700. The smallest absolute Gasteiger partial charge is 0.138 e. The van der Waals surface area contributed by atoms with Crippen molar-refractivity contribution in [3.05, 3.63) is 11.9 Å². The van der Waals surface area contributed by atoms with Crippen LogP contribution in [0.5, 0.6) is 0 Å². The number of nitrogens with zero attached hydrogens (tertiary/aromatic N) is 2. The maximum Gasteiger partial charge on any atom is 0.138 e. The standard InChI is InChI=1S/C14H26N4O/c1-6-15-11-9-12(16-10(2)7-8-19)18-13(17-11)14(3,4)5/h9-10,19H,6-8H2,1-5H3,(H2,15,16,17,18). The molecule has 0 aliphatic carbocycles. The van der Waals surface area contributed by atoms with Crippen molar-refractivity contribution in [2.24, 2.45) is 0 Å². The molecule has 0 saturated carbocycles. The van der Waals surface area contributed by atoms with Crippen LogP contribution in [-0.4, -0.2) is 34.3 Å². The Bertz CT molecular complexity index is 401. The molecule has 0 radical (unpaired) electrons. The van der Waals surface area contributed by atoms with Crippen molar-refractivity contribution in [2.75, 3.05) is 23.8 Å². The molecule has 5 heteroatoms. The molecule has 1 rings (SSSR count). The largest absolute Gasteiger partial charge is 0.396 e. The second-order valence-corrected chi connectivity index (χ2v) is 5.80. The van der Waals surface area contributed by atoms with E-state index in [2.05, 4.69) is 41.4 Å². The van der Waals surface area contributed by atoms with Crippen LogP contribution in [0, 0.1) is 0 Å². The number of aliphatic hydroxyl groups excluding tert-OH is 1. The molecule has 19 heavy (non-hydrogen) atoms. The Morgan fingerprint density at radius 3 is 2.42 bits per heavy atom. The van der Waals surface area contributed by atoms with E-state index in [1.165, 1.54) is 0 Å². The first kappa shape index (κ1) is 15.7. The molecule has 108 valence electrons. The number of aromatic nitrogens is 2. The van der Waals surface area contributed by atoms with Crippen molar-refractivity contribution >= 4 is 11.6 Å². The van der Waals surface area contributed by atoms with Gasteiger partial charge in [0.05, 0.1) is 0 Å². The lowest BCUT2D eigenvalue weighted by Crippen LogP contribution is -2.22. The Kier molecular flexibility index (Phi) is 5.54. The number of aliphatic hydroxyl groups is 1. The fraction of sp³-hybridized carbons (Fsp3) is 0.714. The minimum Gasteiger partial charge on any atom is -0.396 e. The van der Waals surface area contributed by atoms with Gasteiger partial charge in [0.25, 0.3) is 0 Å². The van der Waals surface area contributed by atoms with Crippen LogP contribution in [0.4, 0.5) is 11.6 Å². The average Bonchev–Trinajstić information content (AvgIpc) is 2.28. The number of nitrogens with one attached hydrogen (secondary N) is 2. The highest BCUT2D eigenvalue weighted by molar-refractivity contribution is 5.48. The van der Waals surface area contributed by atoms with Crippen molar-refractivity contribution in [3.63, 3.8) is 0 Å². The maximum atomic E-state index is 8.95. The molecule has 0 spiro atoms. The Labute approximate surface area is 115 Å². The molecule has 1 unspecified atom stereocenters. The molecule has 0 aromatic carbocycles. The second kappa shape index (κ2) is 6.70. The summed E-state index contributed by atoms with van der Waals surface area (Å²) in [5, 5.41) is 15.5. The zero-order valence-electron chi connectivity index (χ0n) is 12.6. The molecule has 0 aliphatic heterocycles. The van der Waals surface area contributed by atoms with Crippen LogP contribution in [0.1, 0.15) is 46.9 Å². The minimum absolute atomic E-state index is 0.0952.